The van der Waals surface area contributed by atoms with Crippen molar-refractivity contribution < 1.29 is 0 Å². The topological polar surface area (TPSA) is 91.5 Å². The highest BCUT2D eigenvalue weighted by Crippen LogP contribution is 2.56. The van der Waals surface area contributed by atoms with Crippen LogP contribution < -0.4 is 11.2 Å². The van der Waals surface area contributed by atoms with Gasteiger partial charge in [-0.05, 0) is 46.6 Å². The lowest BCUT2D eigenvalue weighted by Gasteiger charge is -2.07. The molecular weight excluding hydrogens is 400 g/mol. The number of nitrogens with zero attached hydrogens (tertiary/aromatic N) is 2. The Morgan fingerprint density at radius 2 is 1.63 bits per heavy atom. The van der Waals surface area contributed by atoms with Crippen molar-refractivity contribution in [1.29, 1.82) is 0 Å². The van der Waals surface area contributed by atoms with Gasteiger partial charge in [0.25, 0.3) is 5.56 Å². The number of hydrogen-bond donors (Lipinski definition) is 2. The lowest BCUT2D eigenvalue weighted by molar-refractivity contribution is 0.952. The van der Waals surface area contributed by atoms with Gasteiger partial charge < -0.3 is 4.98 Å². The molecule has 2 aromatic carbocycles. The van der Waals surface area contributed by atoms with E-state index in [1.807, 2.05) is 18.2 Å². The molecule has 1 saturated carbocycles. The maximum Gasteiger partial charge on any atom is 0.325 e. The van der Waals surface area contributed by atoms with Gasteiger partial charge in [-0.3, -0.25) is 9.78 Å². The molecule has 1 aliphatic carbocycles. The van der Waals surface area contributed by atoms with Gasteiger partial charge in [0.05, 0.1) is 5.56 Å². The molecule has 1 fully saturated rings. The van der Waals surface area contributed by atoms with Gasteiger partial charge in [0, 0.05) is 6.20 Å². The molecule has 0 bridgehead atoms. The molecule has 4 aromatic rings. The Bertz CT molecular complexity index is 1330. The second kappa shape index (κ2) is 7.39. The number of rotatable bonds is 4. The molecular formula is C23H17ClN4O2. The van der Waals surface area contributed by atoms with Crippen LogP contribution in [0.15, 0.2) is 76.4 Å². The lowest BCUT2D eigenvalue weighted by atomic mass is 10.0. The molecule has 5 rings (SSSR count). The van der Waals surface area contributed by atoms with Crippen molar-refractivity contribution in [3.8, 4) is 22.4 Å². The molecule has 6 nitrogen and oxygen atoms in total. The van der Waals surface area contributed by atoms with Crippen molar-refractivity contribution in [3.63, 3.8) is 0 Å². The third kappa shape index (κ3) is 3.46. The normalized spacial score (nSPS) is 17.6. The van der Waals surface area contributed by atoms with Gasteiger partial charge >= 0.3 is 5.69 Å². The molecule has 7 heteroatoms. The van der Waals surface area contributed by atoms with Crippen molar-refractivity contribution in [2.75, 3.05) is 0 Å². The van der Waals surface area contributed by atoms with Crippen LogP contribution in [0, 0.1) is 0 Å². The molecule has 148 valence electrons. The molecule has 0 radical (unpaired) electrons. The number of H-pyrrole nitrogens is 2. The highest BCUT2D eigenvalue weighted by atomic mass is 35.5. The molecule has 2 atom stereocenters. The van der Waals surface area contributed by atoms with E-state index in [1.165, 1.54) is 22.9 Å². The van der Waals surface area contributed by atoms with E-state index in [0.29, 0.717) is 16.8 Å². The smallest absolute Gasteiger partial charge is 0.313 e. The maximum atomic E-state index is 12.1. The molecule has 0 amide bonds. The summed E-state index contributed by atoms with van der Waals surface area (Å²) in [6.45, 7) is 0. The fourth-order valence-electron chi connectivity index (χ4n) is 3.84. The zero-order chi connectivity index (χ0) is 20.7. The minimum Gasteiger partial charge on any atom is -0.313 e. The van der Waals surface area contributed by atoms with Gasteiger partial charge in [-0.15, -0.1) is 10.2 Å². The van der Waals surface area contributed by atoms with Crippen LogP contribution in [0.25, 0.3) is 22.4 Å². The number of hydrogen-bond acceptors (Lipinski definition) is 4. The van der Waals surface area contributed by atoms with E-state index >= 15 is 0 Å². The zero-order valence-electron chi connectivity index (χ0n) is 15.8. The number of halogens is 1. The van der Waals surface area contributed by atoms with Crippen LogP contribution in [-0.2, 0) is 0 Å². The van der Waals surface area contributed by atoms with Crippen LogP contribution in [0.5, 0.6) is 0 Å². The number of aromatic nitrogens is 4. The summed E-state index contributed by atoms with van der Waals surface area (Å²) in [6.07, 6.45) is 2.30. The van der Waals surface area contributed by atoms with Crippen LogP contribution >= 0.6 is 11.6 Å². The van der Waals surface area contributed by atoms with Crippen LogP contribution in [-0.4, -0.2) is 20.2 Å². The molecule has 0 unspecified atom stereocenters. The second-order valence-electron chi connectivity index (χ2n) is 7.40. The Morgan fingerprint density at radius 1 is 0.900 bits per heavy atom. The van der Waals surface area contributed by atoms with Gasteiger partial charge in [-0.1, -0.05) is 66.2 Å². The standard InChI is InChI=1S/C23H17ClN4O2/c24-21-18(11-20(27-28-21)19-12-25-23(30)26-22(19)29)17-10-16(17)15-8-6-14(7-9-15)13-4-2-1-3-5-13/h1-9,11-12,16-17H,10H2,(H2,25,26,29,30)/t16-,17+/m1/s1. The number of aromatic amines is 2. The van der Waals surface area contributed by atoms with E-state index in [-0.39, 0.29) is 11.5 Å². The van der Waals surface area contributed by atoms with Crippen LogP contribution in [0.4, 0.5) is 0 Å². The van der Waals surface area contributed by atoms with Crippen molar-refractivity contribution in [3.05, 3.63) is 104 Å². The van der Waals surface area contributed by atoms with Crippen LogP contribution in [0.3, 0.4) is 0 Å². The van der Waals surface area contributed by atoms with E-state index in [0.717, 1.165) is 12.0 Å². The first-order valence-corrected chi connectivity index (χ1v) is 9.99. The predicted octanol–water partition coefficient (Wildman–Crippen LogP) is 4.11. The summed E-state index contributed by atoms with van der Waals surface area (Å²) in [5.41, 5.74) is 4.05. The van der Waals surface area contributed by atoms with Crippen molar-refractivity contribution in [2.45, 2.75) is 18.3 Å². The number of nitrogens with one attached hydrogen (secondary N) is 2. The van der Waals surface area contributed by atoms with E-state index in [9.17, 15) is 9.59 Å². The summed E-state index contributed by atoms with van der Waals surface area (Å²) < 4.78 is 0. The van der Waals surface area contributed by atoms with Crippen molar-refractivity contribution in [1.82, 2.24) is 20.2 Å². The molecule has 2 heterocycles. The largest absolute Gasteiger partial charge is 0.325 e. The summed E-state index contributed by atoms with van der Waals surface area (Å²) in [5, 5.41) is 8.40. The SMILES string of the molecule is O=c1[nH]cc(-c2cc([C@H]3C[C@@H]3c3ccc(-c4ccccc4)cc3)c(Cl)nn2)c(=O)[nH]1. The molecule has 1 aliphatic rings. The highest BCUT2D eigenvalue weighted by Gasteiger charge is 2.41. The molecule has 0 aliphatic heterocycles. The molecule has 0 spiro atoms. The quantitative estimate of drug-likeness (QED) is 0.523. The summed E-state index contributed by atoms with van der Waals surface area (Å²) in [6, 6.07) is 20.6. The summed E-state index contributed by atoms with van der Waals surface area (Å²) in [5.74, 6) is 0.564. The van der Waals surface area contributed by atoms with Gasteiger partial charge in [0.15, 0.2) is 5.15 Å². The zero-order valence-corrected chi connectivity index (χ0v) is 16.6. The number of benzene rings is 2. The van der Waals surface area contributed by atoms with Crippen molar-refractivity contribution >= 4 is 11.6 Å². The molecule has 30 heavy (non-hydrogen) atoms. The minimum absolute atomic E-state index is 0.219. The van der Waals surface area contributed by atoms with E-state index in [1.54, 1.807) is 6.07 Å². The summed E-state index contributed by atoms with van der Waals surface area (Å²) >= 11 is 6.32. The predicted molar refractivity (Wildman–Crippen MR) is 116 cm³/mol. The summed E-state index contributed by atoms with van der Waals surface area (Å²) in [4.78, 5) is 28.0. The lowest BCUT2D eigenvalue weighted by Crippen LogP contribution is -2.23. The third-order valence-electron chi connectivity index (χ3n) is 5.51. The van der Waals surface area contributed by atoms with E-state index < -0.39 is 11.2 Å². The minimum atomic E-state index is -0.563. The Balaban J connectivity index is 1.41. The first-order valence-electron chi connectivity index (χ1n) is 9.61. The van der Waals surface area contributed by atoms with Crippen molar-refractivity contribution in [2.24, 2.45) is 0 Å². The monoisotopic (exact) mass is 416 g/mol. The van der Waals surface area contributed by atoms with E-state index in [4.69, 9.17) is 11.6 Å². The van der Waals surface area contributed by atoms with Crippen LogP contribution in [0.2, 0.25) is 5.15 Å². The van der Waals surface area contributed by atoms with E-state index in [2.05, 4.69) is 56.6 Å². The fraction of sp³-hybridized carbons (Fsp3) is 0.130. The average Bonchev–Trinajstić information content (AvgIpc) is 3.56. The van der Waals surface area contributed by atoms with Gasteiger partial charge in [0.2, 0.25) is 0 Å². The van der Waals surface area contributed by atoms with Gasteiger partial charge in [-0.25, -0.2) is 4.79 Å². The van der Waals surface area contributed by atoms with Gasteiger partial charge in [0.1, 0.15) is 5.69 Å². The molecule has 0 saturated heterocycles. The maximum absolute atomic E-state index is 12.1. The average molecular weight is 417 g/mol. The molecule has 2 N–H and O–H groups in total. The fourth-order valence-corrected chi connectivity index (χ4v) is 4.08. The third-order valence-corrected chi connectivity index (χ3v) is 5.80. The highest BCUT2D eigenvalue weighted by molar-refractivity contribution is 6.30. The summed E-state index contributed by atoms with van der Waals surface area (Å²) in [7, 11) is 0. The van der Waals surface area contributed by atoms with Crippen LogP contribution in [0.1, 0.15) is 29.4 Å². The Labute approximate surface area is 176 Å². The Hall–Kier alpha value is -3.51. The van der Waals surface area contributed by atoms with Gasteiger partial charge in [-0.2, -0.15) is 0 Å². The Kier molecular flexibility index (Phi) is 4.56. The second-order valence-corrected chi connectivity index (χ2v) is 7.76. The Morgan fingerprint density at radius 3 is 2.37 bits per heavy atom. The first kappa shape index (κ1) is 18.5. The molecule has 2 aromatic heterocycles. The first-order chi connectivity index (χ1) is 14.6.